The van der Waals surface area contributed by atoms with Crippen LogP contribution in [0.2, 0.25) is 0 Å². The van der Waals surface area contributed by atoms with Gasteiger partial charge in [0.05, 0.1) is 0 Å². The number of rotatable bonds is 2. The minimum absolute atomic E-state index is 0.823. The smallest absolute Gasteiger partial charge is 0.0387 e. The second-order valence-corrected chi connectivity index (χ2v) is 7.64. The summed E-state index contributed by atoms with van der Waals surface area (Å²) in [5.74, 6) is 3.67. The molecular formula is C21H23N. The molecule has 22 heavy (non-hydrogen) atoms. The van der Waals surface area contributed by atoms with Crippen LogP contribution in [0.25, 0.3) is 0 Å². The molecule has 0 heterocycles. The minimum atomic E-state index is 0.823. The molecular weight excluding hydrogens is 266 g/mol. The summed E-state index contributed by atoms with van der Waals surface area (Å²) in [5, 5.41) is 3.58. The molecule has 1 N–H and O–H groups in total. The van der Waals surface area contributed by atoms with Crippen molar-refractivity contribution in [1.29, 1.82) is 0 Å². The molecule has 0 amide bonds. The van der Waals surface area contributed by atoms with Crippen molar-refractivity contribution in [1.82, 2.24) is 0 Å². The molecule has 2 saturated carbocycles. The lowest BCUT2D eigenvalue weighted by molar-refractivity contribution is 0.166. The van der Waals surface area contributed by atoms with Gasteiger partial charge in [-0.1, -0.05) is 24.3 Å². The van der Waals surface area contributed by atoms with Gasteiger partial charge >= 0.3 is 0 Å². The van der Waals surface area contributed by atoms with Crippen LogP contribution in [0.15, 0.2) is 48.5 Å². The van der Waals surface area contributed by atoms with Crippen LogP contribution >= 0.6 is 0 Å². The Morgan fingerprint density at radius 1 is 0.636 bits per heavy atom. The summed E-state index contributed by atoms with van der Waals surface area (Å²) in [7, 11) is 0. The zero-order valence-electron chi connectivity index (χ0n) is 13.0. The van der Waals surface area contributed by atoms with E-state index in [4.69, 9.17) is 0 Å². The lowest BCUT2D eigenvalue weighted by Gasteiger charge is -2.38. The highest BCUT2D eigenvalue weighted by atomic mass is 14.9. The van der Waals surface area contributed by atoms with Gasteiger partial charge in [0.2, 0.25) is 0 Å². The average Bonchev–Trinajstić information content (AvgIpc) is 2.70. The molecule has 0 saturated heterocycles. The second kappa shape index (κ2) is 4.87. The van der Waals surface area contributed by atoms with Crippen molar-refractivity contribution in [3.05, 3.63) is 59.7 Å². The topological polar surface area (TPSA) is 12.0 Å². The van der Waals surface area contributed by atoms with E-state index in [1.54, 1.807) is 11.1 Å². The molecule has 1 heteroatoms. The van der Waals surface area contributed by atoms with Gasteiger partial charge in [-0.25, -0.2) is 0 Å². The molecule has 4 aliphatic rings. The Bertz CT molecular complexity index is 676. The first-order valence-corrected chi connectivity index (χ1v) is 8.81. The second-order valence-electron chi connectivity index (χ2n) is 7.64. The predicted molar refractivity (Wildman–Crippen MR) is 91.7 cm³/mol. The van der Waals surface area contributed by atoms with Crippen molar-refractivity contribution in [2.75, 3.05) is 5.32 Å². The van der Waals surface area contributed by atoms with Crippen LogP contribution in [-0.2, 0) is 0 Å². The summed E-state index contributed by atoms with van der Waals surface area (Å²) in [6, 6.07) is 17.7. The number of hydrogen-bond acceptors (Lipinski definition) is 1. The Labute approximate surface area is 132 Å². The summed E-state index contributed by atoms with van der Waals surface area (Å²) in [4.78, 5) is 0. The van der Waals surface area contributed by atoms with E-state index in [0.29, 0.717) is 0 Å². The summed E-state index contributed by atoms with van der Waals surface area (Å²) >= 11 is 0. The number of hydrogen-bond donors (Lipinski definition) is 1. The van der Waals surface area contributed by atoms with Crippen LogP contribution in [0, 0.1) is 11.8 Å². The van der Waals surface area contributed by atoms with Crippen molar-refractivity contribution in [3.8, 4) is 0 Å². The number of benzene rings is 2. The molecule has 6 rings (SSSR count). The zero-order chi connectivity index (χ0) is 14.5. The first-order chi connectivity index (χ1) is 10.8. The van der Waals surface area contributed by atoms with Gasteiger partial charge in [0, 0.05) is 11.4 Å². The molecule has 2 fully saturated rings. The van der Waals surface area contributed by atoms with E-state index in [9.17, 15) is 0 Å². The molecule has 0 aliphatic heterocycles. The fourth-order valence-electron chi connectivity index (χ4n) is 5.42. The van der Waals surface area contributed by atoms with Crippen LogP contribution < -0.4 is 5.32 Å². The lowest BCUT2D eigenvalue weighted by Crippen LogP contribution is -2.25. The molecule has 4 aliphatic carbocycles. The van der Waals surface area contributed by atoms with Gasteiger partial charge in [-0.05, 0) is 91.2 Å². The van der Waals surface area contributed by atoms with Crippen molar-refractivity contribution < 1.29 is 0 Å². The SMILES string of the molecule is c1ccc(Nc2ccc3c(c2)C2CC4CC(CC3C4)C2)cc1. The Balaban J connectivity index is 1.52. The first kappa shape index (κ1) is 12.8. The molecule has 2 unspecified atom stereocenters. The fraction of sp³-hybridized carbons (Fsp3) is 0.429. The third kappa shape index (κ3) is 2.06. The van der Waals surface area contributed by atoms with Crippen molar-refractivity contribution in [2.45, 2.75) is 43.9 Å². The Morgan fingerprint density at radius 2 is 1.32 bits per heavy atom. The van der Waals surface area contributed by atoms with Crippen LogP contribution in [-0.4, -0.2) is 0 Å². The third-order valence-electron chi connectivity index (χ3n) is 6.17. The summed E-state index contributed by atoms with van der Waals surface area (Å²) in [6.07, 6.45) is 7.29. The Morgan fingerprint density at radius 3 is 2.05 bits per heavy atom. The molecule has 2 aromatic carbocycles. The van der Waals surface area contributed by atoms with Gasteiger partial charge in [-0.2, -0.15) is 0 Å². The molecule has 4 bridgehead atoms. The van der Waals surface area contributed by atoms with E-state index in [0.717, 1.165) is 23.7 Å². The number of anilines is 2. The fourth-order valence-corrected chi connectivity index (χ4v) is 5.42. The molecule has 1 nitrogen and oxygen atoms in total. The van der Waals surface area contributed by atoms with Crippen LogP contribution in [0.3, 0.4) is 0 Å². The number of para-hydroxylation sites is 1. The van der Waals surface area contributed by atoms with E-state index >= 15 is 0 Å². The van der Waals surface area contributed by atoms with E-state index < -0.39 is 0 Å². The predicted octanol–water partition coefficient (Wildman–Crippen LogP) is 5.82. The van der Waals surface area contributed by atoms with Gasteiger partial charge in [0.15, 0.2) is 0 Å². The monoisotopic (exact) mass is 289 g/mol. The molecule has 0 spiro atoms. The Hall–Kier alpha value is -1.76. The van der Waals surface area contributed by atoms with Crippen LogP contribution in [0.1, 0.15) is 55.1 Å². The highest BCUT2D eigenvalue weighted by Crippen LogP contribution is 2.56. The summed E-state index contributed by atoms with van der Waals surface area (Å²) in [5.41, 5.74) is 5.78. The molecule has 2 atom stereocenters. The van der Waals surface area contributed by atoms with Gasteiger partial charge in [0.25, 0.3) is 0 Å². The largest absolute Gasteiger partial charge is 0.356 e. The maximum Gasteiger partial charge on any atom is 0.0387 e. The van der Waals surface area contributed by atoms with E-state index in [1.165, 1.54) is 43.5 Å². The standard InChI is InChI=1S/C21H23N/c1-2-4-18(5-3-1)22-19-6-7-20-16-9-14-8-15(10-16)12-17(11-14)21(20)13-19/h1-7,13-17,22H,8-12H2. The van der Waals surface area contributed by atoms with Crippen molar-refractivity contribution >= 4 is 11.4 Å². The quantitative estimate of drug-likeness (QED) is 0.734. The first-order valence-electron chi connectivity index (χ1n) is 8.81. The van der Waals surface area contributed by atoms with Gasteiger partial charge in [-0.3, -0.25) is 0 Å². The van der Waals surface area contributed by atoms with Crippen LogP contribution in [0.4, 0.5) is 11.4 Å². The van der Waals surface area contributed by atoms with E-state index in [2.05, 4.69) is 53.8 Å². The number of nitrogens with one attached hydrogen (secondary N) is 1. The highest BCUT2D eigenvalue weighted by Gasteiger charge is 2.41. The molecule has 2 aromatic rings. The summed E-state index contributed by atoms with van der Waals surface area (Å²) < 4.78 is 0. The minimum Gasteiger partial charge on any atom is -0.356 e. The van der Waals surface area contributed by atoms with Crippen molar-refractivity contribution in [3.63, 3.8) is 0 Å². The zero-order valence-corrected chi connectivity index (χ0v) is 13.0. The van der Waals surface area contributed by atoms with Crippen molar-refractivity contribution in [2.24, 2.45) is 11.8 Å². The third-order valence-corrected chi connectivity index (χ3v) is 6.17. The van der Waals surface area contributed by atoms with Gasteiger partial charge in [0.1, 0.15) is 0 Å². The maximum atomic E-state index is 3.58. The van der Waals surface area contributed by atoms with E-state index in [-0.39, 0.29) is 0 Å². The van der Waals surface area contributed by atoms with Gasteiger partial charge < -0.3 is 5.32 Å². The van der Waals surface area contributed by atoms with Crippen LogP contribution in [0.5, 0.6) is 0 Å². The summed E-state index contributed by atoms with van der Waals surface area (Å²) in [6.45, 7) is 0. The van der Waals surface area contributed by atoms with Gasteiger partial charge in [-0.15, -0.1) is 0 Å². The average molecular weight is 289 g/mol. The molecule has 112 valence electrons. The molecule has 0 radical (unpaired) electrons. The maximum absolute atomic E-state index is 3.58. The van der Waals surface area contributed by atoms with E-state index in [1.807, 2.05) is 0 Å². The Kier molecular flexibility index (Phi) is 2.82. The highest BCUT2D eigenvalue weighted by molar-refractivity contribution is 5.62. The normalized spacial score (nSPS) is 31.6. The lowest BCUT2D eigenvalue weighted by atomic mass is 9.67. The molecule has 0 aromatic heterocycles.